The molecule has 58 heavy (non-hydrogen) atoms. The molecule has 0 N–H and O–H groups in total. The van der Waals surface area contributed by atoms with E-state index in [9.17, 15) is 0 Å². The first-order valence-corrected chi connectivity index (χ1v) is 19.9. The van der Waals surface area contributed by atoms with Crippen LogP contribution in [0.5, 0.6) is 0 Å². The Bertz CT molecular complexity index is 3180. The van der Waals surface area contributed by atoms with Crippen molar-refractivity contribution in [1.29, 1.82) is 0 Å². The third-order valence-corrected chi connectivity index (χ3v) is 11.6. The molecule has 272 valence electrons. The maximum Gasteiger partial charge on any atom is 0.0562 e. The number of hydrogen-bond donors (Lipinski definition) is 0. The minimum atomic E-state index is 1.08. The van der Waals surface area contributed by atoms with Crippen LogP contribution >= 0.6 is 0 Å². The van der Waals surface area contributed by atoms with Gasteiger partial charge in [0.2, 0.25) is 0 Å². The van der Waals surface area contributed by atoms with Crippen LogP contribution in [-0.4, -0.2) is 4.57 Å². The monoisotopic (exact) mass is 738 g/mol. The lowest BCUT2D eigenvalue weighted by atomic mass is 9.96. The van der Waals surface area contributed by atoms with E-state index in [4.69, 9.17) is 0 Å². The Morgan fingerprint density at radius 1 is 0.293 bits per heavy atom. The summed E-state index contributed by atoms with van der Waals surface area (Å²) in [5, 5.41) is 7.36. The number of hydrogen-bond acceptors (Lipinski definition) is 1. The molecule has 2 heteroatoms. The van der Waals surface area contributed by atoms with E-state index in [1.807, 2.05) is 0 Å². The van der Waals surface area contributed by atoms with Gasteiger partial charge >= 0.3 is 0 Å². The molecule has 0 bridgehead atoms. The van der Waals surface area contributed by atoms with Gasteiger partial charge in [0.1, 0.15) is 0 Å². The van der Waals surface area contributed by atoms with Crippen molar-refractivity contribution in [2.75, 3.05) is 4.90 Å². The Morgan fingerprint density at radius 2 is 0.793 bits per heavy atom. The normalized spacial score (nSPS) is 11.4. The fourth-order valence-electron chi connectivity index (χ4n) is 8.84. The second-order valence-electron chi connectivity index (χ2n) is 14.9. The first-order valence-electron chi connectivity index (χ1n) is 19.9. The molecule has 0 aliphatic rings. The number of aromatic nitrogens is 1. The standard InChI is InChI=1S/C56H38N2/c1-2-18-41(19-3-1)47-22-8-14-28-54(47)58-55-29-15-11-25-50(55)51-35-34-46(38-56(51)58)57(52-26-12-9-23-48(52)44-32-30-39-16-4-6-20-42(39)36-44)53-27-13-10-24-49(53)45-33-31-40-17-5-7-21-43(40)37-45/h1-38H. The molecule has 0 saturated heterocycles. The molecule has 0 amide bonds. The summed E-state index contributed by atoms with van der Waals surface area (Å²) >= 11 is 0. The highest BCUT2D eigenvalue weighted by Crippen LogP contribution is 2.47. The Kier molecular flexibility index (Phi) is 8.19. The van der Waals surface area contributed by atoms with Crippen LogP contribution in [0.25, 0.3) is 82.4 Å². The molecule has 0 radical (unpaired) electrons. The minimum absolute atomic E-state index is 1.08. The lowest BCUT2D eigenvalue weighted by molar-refractivity contribution is 1.18. The first-order chi connectivity index (χ1) is 28.8. The van der Waals surface area contributed by atoms with E-state index >= 15 is 0 Å². The summed E-state index contributed by atoms with van der Waals surface area (Å²) < 4.78 is 2.46. The molecule has 10 aromatic carbocycles. The van der Waals surface area contributed by atoms with Gasteiger partial charge in [0.25, 0.3) is 0 Å². The molecule has 0 aliphatic carbocycles. The second kappa shape index (κ2) is 14.1. The molecule has 11 aromatic rings. The van der Waals surface area contributed by atoms with Gasteiger partial charge in [0, 0.05) is 33.2 Å². The van der Waals surface area contributed by atoms with Gasteiger partial charge in [-0.05, 0) is 86.8 Å². The predicted octanol–water partition coefficient (Wildman–Crippen LogP) is 15.6. The van der Waals surface area contributed by atoms with Gasteiger partial charge in [0.05, 0.1) is 28.1 Å². The van der Waals surface area contributed by atoms with E-state index in [2.05, 4.69) is 240 Å². The van der Waals surface area contributed by atoms with Crippen LogP contribution in [0.2, 0.25) is 0 Å². The fraction of sp³-hybridized carbons (Fsp3) is 0. The lowest BCUT2D eigenvalue weighted by Gasteiger charge is -2.30. The van der Waals surface area contributed by atoms with Gasteiger partial charge in [0.15, 0.2) is 0 Å². The Hall–Kier alpha value is -7.68. The molecule has 0 spiro atoms. The predicted molar refractivity (Wildman–Crippen MR) is 247 cm³/mol. The number of nitrogens with zero attached hydrogens (tertiary/aromatic N) is 2. The molecule has 0 fully saturated rings. The highest BCUT2D eigenvalue weighted by atomic mass is 15.1. The van der Waals surface area contributed by atoms with Crippen molar-refractivity contribution in [3.8, 4) is 39.1 Å². The smallest absolute Gasteiger partial charge is 0.0562 e. The van der Waals surface area contributed by atoms with Gasteiger partial charge in [-0.2, -0.15) is 0 Å². The third-order valence-electron chi connectivity index (χ3n) is 11.6. The molecule has 11 rings (SSSR count). The second-order valence-corrected chi connectivity index (χ2v) is 14.9. The van der Waals surface area contributed by atoms with Gasteiger partial charge in [-0.3, -0.25) is 0 Å². The number of rotatable bonds is 7. The molecule has 1 heterocycles. The zero-order chi connectivity index (χ0) is 38.4. The quantitative estimate of drug-likeness (QED) is 0.158. The molecule has 0 atom stereocenters. The fourth-order valence-corrected chi connectivity index (χ4v) is 8.84. The van der Waals surface area contributed by atoms with Crippen LogP contribution in [0.3, 0.4) is 0 Å². The summed E-state index contributed by atoms with van der Waals surface area (Å²) in [6, 6.07) is 83.9. The Morgan fingerprint density at radius 3 is 1.45 bits per heavy atom. The third kappa shape index (κ3) is 5.74. The van der Waals surface area contributed by atoms with Crippen LogP contribution in [-0.2, 0) is 0 Å². The van der Waals surface area contributed by atoms with Crippen LogP contribution in [0.4, 0.5) is 17.1 Å². The van der Waals surface area contributed by atoms with Gasteiger partial charge in [-0.15, -0.1) is 0 Å². The zero-order valence-corrected chi connectivity index (χ0v) is 31.8. The van der Waals surface area contributed by atoms with E-state index in [1.54, 1.807) is 0 Å². The molecule has 1 aromatic heterocycles. The van der Waals surface area contributed by atoms with Gasteiger partial charge in [-0.25, -0.2) is 0 Å². The number of benzene rings is 10. The topological polar surface area (TPSA) is 8.17 Å². The maximum absolute atomic E-state index is 2.47. The van der Waals surface area contributed by atoms with Crippen molar-refractivity contribution < 1.29 is 0 Å². The Balaban J connectivity index is 1.19. The van der Waals surface area contributed by atoms with E-state index in [-0.39, 0.29) is 0 Å². The SMILES string of the molecule is c1ccc(-c2ccccc2-n2c3ccccc3c3ccc(N(c4ccccc4-c4ccc5ccccc5c4)c4ccccc4-c4ccc5ccccc5c4)cc32)cc1. The Labute approximate surface area is 338 Å². The molecular weight excluding hydrogens is 701 g/mol. The van der Waals surface area contributed by atoms with Gasteiger partial charge in [-0.1, -0.05) is 182 Å². The summed E-state index contributed by atoms with van der Waals surface area (Å²) in [5.74, 6) is 0. The van der Waals surface area contributed by atoms with Crippen molar-refractivity contribution in [2.24, 2.45) is 0 Å². The molecule has 2 nitrogen and oxygen atoms in total. The first kappa shape index (κ1) is 33.6. The average molecular weight is 739 g/mol. The summed E-state index contributed by atoms with van der Waals surface area (Å²) in [6.07, 6.45) is 0. The average Bonchev–Trinajstić information content (AvgIpc) is 3.63. The van der Waals surface area contributed by atoms with E-state index in [1.165, 1.54) is 60.1 Å². The lowest BCUT2D eigenvalue weighted by Crippen LogP contribution is -2.12. The van der Waals surface area contributed by atoms with Crippen molar-refractivity contribution in [3.05, 3.63) is 231 Å². The summed E-state index contributed by atoms with van der Waals surface area (Å²) in [7, 11) is 0. The van der Waals surface area contributed by atoms with E-state index in [0.717, 1.165) is 39.4 Å². The summed E-state index contributed by atoms with van der Waals surface area (Å²) in [4.78, 5) is 2.47. The largest absolute Gasteiger partial charge is 0.309 e. The molecule has 0 aliphatic heterocycles. The number of anilines is 3. The van der Waals surface area contributed by atoms with Crippen LogP contribution in [0, 0.1) is 0 Å². The highest BCUT2D eigenvalue weighted by molar-refractivity contribution is 6.11. The van der Waals surface area contributed by atoms with Crippen molar-refractivity contribution >= 4 is 60.4 Å². The summed E-state index contributed by atoms with van der Waals surface area (Å²) in [5.41, 5.74) is 13.8. The zero-order valence-electron chi connectivity index (χ0n) is 31.8. The maximum atomic E-state index is 2.47. The minimum Gasteiger partial charge on any atom is -0.309 e. The number of para-hydroxylation sites is 4. The number of fused-ring (bicyclic) bond motifs is 5. The summed E-state index contributed by atoms with van der Waals surface area (Å²) in [6.45, 7) is 0. The van der Waals surface area contributed by atoms with Crippen LogP contribution in [0.15, 0.2) is 231 Å². The van der Waals surface area contributed by atoms with Crippen molar-refractivity contribution in [1.82, 2.24) is 4.57 Å². The van der Waals surface area contributed by atoms with Crippen LogP contribution < -0.4 is 4.90 Å². The van der Waals surface area contributed by atoms with Crippen LogP contribution in [0.1, 0.15) is 0 Å². The van der Waals surface area contributed by atoms with E-state index in [0.29, 0.717) is 0 Å². The van der Waals surface area contributed by atoms with Crippen molar-refractivity contribution in [2.45, 2.75) is 0 Å². The molecule has 0 saturated carbocycles. The van der Waals surface area contributed by atoms with E-state index < -0.39 is 0 Å². The highest BCUT2D eigenvalue weighted by Gasteiger charge is 2.23. The molecular formula is C56H38N2. The molecule has 0 unspecified atom stereocenters. The van der Waals surface area contributed by atoms with Crippen molar-refractivity contribution in [3.63, 3.8) is 0 Å². The van der Waals surface area contributed by atoms with Gasteiger partial charge < -0.3 is 9.47 Å².